The molecule has 0 bridgehead atoms. The minimum absolute atomic E-state index is 0.273. The second kappa shape index (κ2) is 5.26. The smallest absolute Gasteiger partial charge is 0.138 e. The second-order valence-corrected chi connectivity index (χ2v) is 4.36. The molecule has 4 heteroatoms. The monoisotopic (exact) mass is 210 g/mol. The molecule has 4 nitrogen and oxygen atoms in total. The van der Waals surface area contributed by atoms with Gasteiger partial charge in [0.15, 0.2) is 0 Å². The molecule has 0 saturated heterocycles. The highest BCUT2D eigenvalue weighted by atomic mass is 15.3. The number of nitrogens with zero attached hydrogens (tertiary/aromatic N) is 3. The molecule has 0 spiro atoms. The number of aryl methyl sites for hydroxylation is 1. The van der Waals surface area contributed by atoms with Crippen LogP contribution in [0.3, 0.4) is 0 Å². The number of hydrogen-bond donors (Lipinski definition) is 1. The van der Waals surface area contributed by atoms with Gasteiger partial charge in [-0.3, -0.25) is 4.68 Å². The van der Waals surface area contributed by atoms with Crippen LogP contribution in [0.4, 0.5) is 0 Å². The maximum Gasteiger partial charge on any atom is 0.138 e. The van der Waals surface area contributed by atoms with Gasteiger partial charge in [0.25, 0.3) is 0 Å². The van der Waals surface area contributed by atoms with Crippen molar-refractivity contribution in [1.29, 1.82) is 0 Å². The van der Waals surface area contributed by atoms with Gasteiger partial charge in [-0.25, -0.2) is 4.98 Å². The molecule has 0 aliphatic rings. The van der Waals surface area contributed by atoms with Crippen LogP contribution in [-0.4, -0.2) is 28.4 Å². The Morgan fingerprint density at radius 2 is 2.20 bits per heavy atom. The van der Waals surface area contributed by atoms with E-state index in [0.29, 0.717) is 0 Å². The average Bonchev–Trinajstić information content (AvgIpc) is 2.65. The maximum atomic E-state index is 4.33. The molecule has 1 unspecified atom stereocenters. The largest absolute Gasteiger partial charge is 0.319 e. The van der Waals surface area contributed by atoms with E-state index in [1.54, 1.807) is 6.33 Å². The normalized spacial score (nSPS) is 15.2. The Balaban J connectivity index is 2.74. The van der Waals surface area contributed by atoms with Gasteiger partial charge in [0.2, 0.25) is 0 Å². The van der Waals surface area contributed by atoms with Gasteiger partial charge in [0.05, 0.1) is 0 Å². The van der Waals surface area contributed by atoms with Crippen LogP contribution < -0.4 is 5.32 Å². The molecule has 0 saturated carbocycles. The summed E-state index contributed by atoms with van der Waals surface area (Å²) in [6.45, 7) is 8.52. The van der Waals surface area contributed by atoms with Crippen LogP contribution >= 0.6 is 0 Å². The highest BCUT2D eigenvalue weighted by molar-refractivity contribution is 4.92. The third-order valence-electron chi connectivity index (χ3n) is 3.04. The van der Waals surface area contributed by atoms with Gasteiger partial charge in [-0.15, -0.1) is 0 Å². The van der Waals surface area contributed by atoms with Gasteiger partial charge < -0.3 is 5.32 Å². The fraction of sp³-hybridized carbons (Fsp3) is 0.818. The zero-order valence-electron chi connectivity index (χ0n) is 10.2. The lowest BCUT2D eigenvalue weighted by Gasteiger charge is -2.27. The zero-order chi connectivity index (χ0) is 11.3. The molecule has 86 valence electrons. The summed E-state index contributed by atoms with van der Waals surface area (Å²) in [4.78, 5) is 4.33. The van der Waals surface area contributed by atoms with Crippen molar-refractivity contribution in [3.05, 3.63) is 12.2 Å². The van der Waals surface area contributed by atoms with Gasteiger partial charge >= 0.3 is 0 Å². The molecule has 1 atom stereocenters. The molecular formula is C11H22N4. The van der Waals surface area contributed by atoms with Gasteiger partial charge in [-0.05, 0) is 25.8 Å². The quantitative estimate of drug-likeness (QED) is 0.773. The van der Waals surface area contributed by atoms with Crippen LogP contribution in [0.5, 0.6) is 0 Å². The van der Waals surface area contributed by atoms with Crippen LogP contribution in [0, 0.1) is 5.41 Å². The van der Waals surface area contributed by atoms with Crippen molar-refractivity contribution in [3.8, 4) is 0 Å². The maximum absolute atomic E-state index is 4.33. The first-order valence-corrected chi connectivity index (χ1v) is 5.66. The fourth-order valence-corrected chi connectivity index (χ4v) is 1.81. The van der Waals surface area contributed by atoms with E-state index in [0.717, 1.165) is 31.8 Å². The van der Waals surface area contributed by atoms with E-state index < -0.39 is 0 Å². The van der Waals surface area contributed by atoms with Crippen LogP contribution in [0.2, 0.25) is 0 Å². The van der Waals surface area contributed by atoms with Crippen molar-refractivity contribution < 1.29 is 0 Å². The summed E-state index contributed by atoms with van der Waals surface area (Å²) >= 11 is 0. The van der Waals surface area contributed by atoms with Crippen molar-refractivity contribution in [2.75, 3.05) is 13.6 Å². The summed E-state index contributed by atoms with van der Waals surface area (Å²) in [5, 5.41) is 7.45. The number of rotatable bonds is 6. The Kier molecular flexibility index (Phi) is 4.27. The lowest BCUT2D eigenvalue weighted by atomic mass is 9.83. The fourth-order valence-electron chi connectivity index (χ4n) is 1.81. The van der Waals surface area contributed by atoms with E-state index in [1.807, 2.05) is 11.7 Å². The standard InChI is InChI=1S/C11H22N4/c1-5-11(3,8-12-4)7-10-13-9-14-15(10)6-2/h9,12H,5-8H2,1-4H3. The van der Waals surface area contributed by atoms with E-state index in [4.69, 9.17) is 0 Å². The number of aromatic nitrogens is 3. The molecule has 1 aromatic rings. The first-order valence-electron chi connectivity index (χ1n) is 5.66. The van der Waals surface area contributed by atoms with Crippen LogP contribution in [-0.2, 0) is 13.0 Å². The highest BCUT2D eigenvalue weighted by Crippen LogP contribution is 2.24. The highest BCUT2D eigenvalue weighted by Gasteiger charge is 2.24. The molecule has 1 aromatic heterocycles. The molecule has 15 heavy (non-hydrogen) atoms. The summed E-state index contributed by atoms with van der Waals surface area (Å²) in [5.74, 6) is 1.09. The van der Waals surface area contributed by atoms with Crippen LogP contribution in [0.15, 0.2) is 6.33 Å². The lowest BCUT2D eigenvalue weighted by molar-refractivity contribution is 0.287. The van der Waals surface area contributed by atoms with E-state index in [1.165, 1.54) is 0 Å². The molecule has 1 rings (SSSR count). The molecule has 1 N–H and O–H groups in total. The summed E-state index contributed by atoms with van der Waals surface area (Å²) in [6.07, 6.45) is 3.77. The van der Waals surface area contributed by atoms with E-state index >= 15 is 0 Å². The summed E-state index contributed by atoms with van der Waals surface area (Å²) in [7, 11) is 2.00. The van der Waals surface area contributed by atoms with Gasteiger partial charge in [-0.1, -0.05) is 13.8 Å². The Hall–Kier alpha value is -0.900. The minimum atomic E-state index is 0.273. The predicted octanol–water partition coefficient (Wildman–Crippen LogP) is 1.48. The van der Waals surface area contributed by atoms with Crippen molar-refractivity contribution in [2.45, 2.75) is 40.2 Å². The second-order valence-electron chi connectivity index (χ2n) is 4.36. The van der Waals surface area contributed by atoms with E-state index in [-0.39, 0.29) is 5.41 Å². The Morgan fingerprint density at radius 3 is 2.73 bits per heavy atom. The van der Waals surface area contributed by atoms with Gasteiger partial charge in [0.1, 0.15) is 12.2 Å². The molecule has 0 radical (unpaired) electrons. The molecule has 0 amide bonds. The Bertz CT molecular complexity index is 295. The molecule has 0 aromatic carbocycles. The molecule has 0 aliphatic carbocycles. The summed E-state index contributed by atoms with van der Waals surface area (Å²) < 4.78 is 1.98. The molecule has 0 fully saturated rings. The van der Waals surface area contributed by atoms with E-state index in [9.17, 15) is 0 Å². The molecular weight excluding hydrogens is 188 g/mol. The lowest BCUT2D eigenvalue weighted by Crippen LogP contribution is -2.32. The zero-order valence-corrected chi connectivity index (χ0v) is 10.2. The van der Waals surface area contributed by atoms with Crippen LogP contribution in [0.1, 0.15) is 33.0 Å². The summed E-state index contributed by atoms with van der Waals surface area (Å²) in [5.41, 5.74) is 0.273. The molecule has 0 aliphatic heterocycles. The van der Waals surface area contributed by atoms with Gasteiger partial charge in [0, 0.05) is 19.5 Å². The Morgan fingerprint density at radius 1 is 1.47 bits per heavy atom. The average molecular weight is 210 g/mol. The van der Waals surface area contributed by atoms with Crippen molar-refractivity contribution >= 4 is 0 Å². The Labute approximate surface area is 92.1 Å². The first-order chi connectivity index (χ1) is 7.15. The SMILES string of the molecule is CCn1ncnc1CC(C)(CC)CNC. The predicted molar refractivity (Wildman–Crippen MR) is 61.7 cm³/mol. The first kappa shape index (κ1) is 12.2. The van der Waals surface area contributed by atoms with Crippen molar-refractivity contribution in [3.63, 3.8) is 0 Å². The van der Waals surface area contributed by atoms with Gasteiger partial charge in [-0.2, -0.15) is 5.10 Å². The third-order valence-corrected chi connectivity index (χ3v) is 3.04. The third kappa shape index (κ3) is 3.02. The molecule has 1 heterocycles. The van der Waals surface area contributed by atoms with Crippen molar-refractivity contribution in [2.24, 2.45) is 5.41 Å². The minimum Gasteiger partial charge on any atom is -0.319 e. The van der Waals surface area contributed by atoms with Crippen LogP contribution in [0.25, 0.3) is 0 Å². The van der Waals surface area contributed by atoms with E-state index in [2.05, 4.69) is 36.2 Å². The van der Waals surface area contributed by atoms with Crippen molar-refractivity contribution in [1.82, 2.24) is 20.1 Å². The summed E-state index contributed by atoms with van der Waals surface area (Å²) in [6, 6.07) is 0. The number of hydrogen-bond acceptors (Lipinski definition) is 3. The topological polar surface area (TPSA) is 42.7 Å². The number of nitrogens with one attached hydrogen (secondary N) is 1.